The maximum atomic E-state index is 12.1. The lowest BCUT2D eigenvalue weighted by Gasteiger charge is -2.14. The minimum Gasteiger partial charge on any atom is -0.342 e. The molecule has 1 aromatic carbocycles. The molecule has 3 aromatic rings. The molecule has 0 spiro atoms. The van der Waals surface area contributed by atoms with Gasteiger partial charge in [0.1, 0.15) is 5.03 Å². The standard InChI is InChI=1S/C19H19N5OS/c25-19(23-11-1-2-12-23)14-26-18-9-8-17(21-22-18)15-4-6-16(7-5-15)24-13-3-10-20-24/h3-10,13H,1-2,11-12,14H2. The lowest BCUT2D eigenvalue weighted by molar-refractivity contribution is -0.127. The molecule has 1 aliphatic heterocycles. The summed E-state index contributed by atoms with van der Waals surface area (Å²) in [6, 6.07) is 13.8. The van der Waals surface area contributed by atoms with E-state index in [0.717, 1.165) is 47.9 Å². The van der Waals surface area contributed by atoms with E-state index in [1.54, 1.807) is 6.20 Å². The van der Waals surface area contributed by atoms with Crippen molar-refractivity contribution < 1.29 is 4.79 Å². The molecular formula is C19H19N5OS. The van der Waals surface area contributed by atoms with Crippen molar-refractivity contribution in [2.75, 3.05) is 18.8 Å². The predicted molar refractivity (Wildman–Crippen MR) is 101 cm³/mol. The van der Waals surface area contributed by atoms with Gasteiger partial charge in [-0.2, -0.15) is 5.10 Å². The first-order valence-electron chi connectivity index (χ1n) is 8.64. The highest BCUT2D eigenvalue weighted by Crippen LogP contribution is 2.22. The Hall–Kier alpha value is -2.67. The molecule has 7 heteroatoms. The van der Waals surface area contributed by atoms with Gasteiger partial charge in [0, 0.05) is 31.0 Å². The molecule has 4 rings (SSSR count). The lowest BCUT2D eigenvalue weighted by Crippen LogP contribution is -2.29. The summed E-state index contributed by atoms with van der Waals surface area (Å²) in [5, 5.41) is 13.5. The smallest absolute Gasteiger partial charge is 0.232 e. The van der Waals surface area contributed by atoms with Crippen LogP contribution >= 0.6 is 11.8 Å². The third kappa shape index (κ3) is 3.77. The summed E-state index contributed by atoms with van der Waals surface area (Å²) in [6.45, 7) is 1.77. The Morgan fingerprint density at radius 2 is 1.85 bits per heavy atom. The van der Waals surface area contributed by atoms with Crippen molar-refractivity contribution in [3.8, 4) is 16.9 Å². The van der Waals surface area contributed by atoms with Gasteiger partial charge in [0.15, 0.2) is 0 Å². The summed E-state index contributed by atoms with van der Waals surface area (Å²) in [4.78, 5) is 14.0. The third-order valence-electron chi connectivity index (χ3n) is 4.37. The average Bonchev–Trinajstić information content (AvgIpc) is 3.41. The molecule has 1 fully saturated rings. The molecule has 132 valence electrons. The van der Waals surface area contributed by atoms with Gasteiger partial charge >= 0.3 is 0 Å². The van der Waals surface area contributed by atoms with E-state index in [2.05, 4.69) is 15.3 Å². The van der Waals surface area contributed by atoms with Crippen LogP contribution < -0.4 is 0 Å². The molecule has 0 bridgehead atoms. The lowest BCUT2D eigenvalue weighted by atomic mass is 10.1. The Morgan fingerprint density at radius 3 is 2.50 bits per heavy atom. The zero-order chi connectivity index (χ0) is 17.8. The van der Waals surface area contributed by atoms with Crippen LogP contribution in [0, 0.1) is 0 Å². The van der Waals surface area contributed by atoms with Crippen molar-refractivity contribution in [2.24, 2.45) is 0 Å². The summed E-state index contributed by atoms with van der Waals surface area (Å²) >= 11 is 1.44. The molecule has 26 heavy (non-hydrogen) atoms. The molecule has 3 heterocycles. The van der Waals surface area contributed by atoms with Gasteiger partial charge < -0.3 is 4.90 Å². The van der Waals surface area contributed by atoms with Crippen molar-refractivity contribution >= 4 is 17.7 Å². The first-order chi connectivity index (χ1) is 12.8. The summed E-state index contributed by atoms with van der Waals surface area (Å²) in [5.74, 6) is 0.611. The van der Waals surface area contributed by atoms with E-state index in [1.165, 1.54) is 11.8 Å². The zero-order valence-corrected chi connectivity index (χ0v) is 15.1. The monoisotopic (exact) mass is 365 g/mol. The van der Waals surface area contributed by atoms with Gasteiger partial charge in [-0.15, -0.1) is 10.2 Å². The maximum absolute atomic E-state index is 12.1. The minimum atomic E-state index is 0.188. The number of amides is 1. The molecule has 1 aliphatic rings. The van der Waals surface area contributed by atoms with Crippen LogP contribution in [0.2, 0.25) is 0 Å². The fourth-order valence-corrected chi connectivity index (χ4v) is 3.67. The summed E-state index contributed by atoms with van der Waals surface area (Å²) in [6.07, 6.45) is 5.89. The number of benzene rings is 1. The first-order valence-corrected chi connectivity index (χ1v) is 9.63. The molecule has 0 saturated carbocycles. The van der Waals surface area contributed by atoms with Crippen LogP contribution in [0.15, 0.2) is 59.9 Å². The Bertz CT molecular complexity index is 856. The quantitative estimate of drug-likeness (QED) is 0.650. The van der Waals surface area contributed by atoms with E-state index in [0.29, 0.717) is 5.75 Å². The topological polar surface area (TPSA) is 63.9 Å². The van der Waals surface area contributed by atoms with Crippen LogP contribution in [0.3, 0.4) is 0 Å². The second-order valence-corrected chi connectivity index (χ2v) is 7.13. The third-order valence-corrected chi connectivity index (χ3v) is 5.28. The number of aromatic nitrogens is 4. The highest BCUT2D eigenvalue weighted by atomic mass is 32.2. The number of nitrogens with zero attached hydrogens (tertiary/aromatic N) is 5. The Labute approximate surface area is 156 Å². The van der Waals surface area contributed by atoms with Crippen LogP contribution in [0.25, 0.3) is 16.9 Å². The number of thioether (sulfide) groups is 1. The number of carbonyl (C=O) groups excluding carboxylic acids is 1. The van der Waals surface area contributed by atoms with E-state index in [-0.39, 0.29) is 5.91 Å². The highest BCUT2D eigenvalue weighted by Gasteiger charge is 2.17. The fraction of sp³-hybridized carbons (Fsp3) is 0.263. The SMILES string of the molecule is O=C(CSc1ccc(-c2ccc(-n3cccn3)cc2)nn1)N1CCCC1. The fourth-order valence-electron chi connectivity index (χ4n) is 2.95. The van der Waals surface area contributed by atoms with Gasteiger partial charge in [-0.05, 0) is 43.2 Å². The Kier molecular flexibility index (Phi) is 4.97. The van der Waals surface area contributed by atoms with E-state index in [1.807, 2.05) is 58.2 Å². The van der Waals surface area contributed by atoms with Crippen LogP contribution in [0.5, 0.6) is 0 Å². The molecule has 1 saturated heterocycles. The van der Waals surface area contributed by atoms with Gasteiger partial charge in [0.05, 0.1) is 17.1 Å². The Balaban J connectivity index is 1.38. The largest absolute Gasteiger partial charge is 0.342 e. The zero-order valence-electron chi connectivity index (χ0n) is 14.3. The van der Waals surface area contributed by atoms with E-state index in [9.17, 15) is 4.79 Å². The molecule has 6 nitrogen and oxygen atoms in total. The summed E-state index contributed by atoms with van der Waals surface area (Å²) in [5.41, 5.74) is 2.81. The first kappa shape index (κ1) is 16.8. The van der Waals surface area contributed by atoms with E-state index < -0.39 is 0 Å². The molecule has 1 amide bonds. The van der Waals surface area contributed by atoms with Crippen LogP contribution in [-0.4, -0.2) is 49.6 Å². The van der Waals surface area contributed by atoms with Crippen LogP contribution in [-0.2, 0) is 4.79 Å². The van der Waals surface area contributed by atoms with Crippen molar-refractivity contribution in [1.82, 2.24) is 24.9 Å². The Morgan fingerprint density at radius 1 is 1.04 bits per heavy atom. The van der Waals surface area contributed by atoms with Crippen molar-refractivity contribution in [3.63, 3.8) is 0 Å². The van der Waals surface area contributed by atoms with Gasteiger partial charge in [0.25, 0.3) is 0 Å². The average molecular weight is 365 g/mol. The highest BCUT2D eigenvalue weighted by molar-refractivity contribution is 7.99. The van der Waals surface area contributed by atoms with Crippen molar-refractivity contribution in [1.29, 1.82) is 0 Å². The van der Waals surface area contributed by atoms with E-state index >= 15 is 0 Å². The van der Waals surface area contributed by atoms with Crippen molar-refractivity contribution in [2.45, 2.75) is 17.9 Å². The van der Waals surface area contributed by atoms with E-state index in [4.69, 9.17) is 0 Å². The van der Waals surface area contributed by atoms with Gasteiger partial charge in [0.2, 0.25) is 5.91 Å². The number of likely N-dealkylation sites (tertiary alicyclic amines) is 1. The van der Waals surface area contributed by atoms with Gasteiger partial charge in [-0.25, -0.2) is 4.68 Å². The number of carbonyl (C=O) groups is 1. The normalized spacial score (nSPS) is 13.9. The van der Waals surface area contributed by atoms with Crippen molar-refractivity contribution in [3.05, 3.63) is 54.9 Å². The molecule has 2 aromatic heterocycles. The van der Waals surface area contributed by atoms with Gasteiger partial charge in [-0.3, -0.25) is 4.79 Å². The molecular weight excluding hydrogens is 346 g/mol. The second kappa shape index (κ2) is 7.70. The number of hydrogen-bond acceptors (Lipinski definition) is 5. The summed E-state index contributed by atoms with van der Waals surface area (Å²) in [7, 11) is 0. The van der Waals surface area contributed by atoms with Crippen LogP contribution in [0.4, 0.5) is 0 Å². The molecule has 0 atom stereocenters. The predicted octanol–water partition coefficient (Wildman–Crippen LogP) is 3.04. The summed E-state index contributed by atoms with van der Waals surface area (Å²) < 4.78 is 1.81. The molecule has 0 unspecified atom stereocenters. The number of hydrogen-bond donors (Lipinski definition) is 0. The minimum absolute atomic E-state index is 0.188. The number of rotatable bonds is 5. The second-order valence-electron chi connectivity index (χ2n) is 6.13. The molecule has 0 N–H and O–H groups in total. The maximum Gasteiger partial charge on any atom is 0.232 e. The van der Waals surface area contributed by atoms with Gasteiger partial charge in [-0.1, -0.05) is 23.9 Å². The van der Waals surface area contributed by atoms with Crippen LogP contribution in [0.1, 0.15) is 12.8 Å². The molecule has 0 aliphatic carbocycles. The molecule has 0 radical (unpaired) electrons.